The van der Waals surface area contributed by atoms with Gasteiger partial charge in [0.15, 0.2) is 5.82 Å². The second kappa shape index (κ2) is 8.61. The van der Waals surface area contributed by atoms with Gasteiger partial charge in [-0.2, -0.15) is 23.1 Å². The van der Waals surface area contributed by atoms with E-state index in [9.17, 15) is 21.8 Å². The Kier molecular flexibility index (Phi) is 5.89. The van der Waals surface area contributed by atoms with E-state index in [0.717, 1.165) is 12.1 Å². The van der Waals surface area contributed by atoms with Crippen molar-refractivity contribution in [3.8, 4) is 6.01 Å². The van der Waals surface area contributed by atoms with Crippen LogP contribution in [0.25, 0.3) is 0 Å². The summed E-state index contributed by atoms with van der Waals surface area (Å²) in [6.45, 7) is 1.14. The second-order valence-corrected chi connectivity index (χ2v) is 10.0. The fourth-order valence-corrected chi connectivity index (χ4v) is 6.57. The van der Waals surface area contributed by atoms with Crippen molar-refractivity contribution in [3.05, 3.63) is 40.3 Å². The van der Waals surface area contributed by atoms with Gasteiger partial charge in [0.1, 0.15) is 5.82 Å². The topological polar surface area (TPSA) is 103 Å². The first-order chi connectivity index (χ1) is 16.2. The van der Waals surface area contributed by atoms with Gasteiger partial charge in [0.05, 0.1) is 42.8 Å². The van der Waals surface area contributed by atoms with Crippen LogP contribution in [0, 0.1) is 5.82 Å². The summed E-state index contributed by atoms with van der Waals surface area (Å²) in [6.07, 6.45) is -6.14. The fourth-order valence-electron chi connectivity index (χ4n) is 4.90. The quantitative estimate of drug-likeness (QED) is 0.486. The number of piperazine rings is 1. The number of alkyl halides is 3. The molecule has 1 aromatic heterocycles. The maximum Gasteiger partial charge on any atom is 0.416 e. The van der Waals surface area contributed by atoms with Crippen molar-refractivity contribution >= 4 is 22.3 Å². The number of methoxy groups -OCH3 is 1. The van der Waals surface area contributed by atoms with Gasteiger partial charge in [-0.25, -0.2) is 4.39 Å². The molecule has 0 bridgehead atoms. The van der Waals surface area contributed by atoms with E-state index in [1.807, 2.05) is 4.90 Å². The number of nitrogens with zero attached hydrogens (tertiary/aromatic N) is 3. The van der Waals surface area contributed by atoms with E-state index < -0.39 is 40.0 Å². The van der Waals surface area contributed by atoms with Crippen LogP contribution in [0.2, 0.25) is 0 Å². The molecular weight excluding hydrogens is 478 g/mol. The van der Waals surface area contributed by atoms with Crippen LogP contribution in [0.1, 0.15) is 28.5 Å². The maximum atomic E-state index is 14.8. The average molecular weight is 502 g/mol. The zero-order valence-corrected chi connectivity index (χ0v) is 19.0. The van der Waals surface area contributed by atoms with Crippen molar-refractivity contribution in [2.24, 2.45) is 0 Å². The van der Waals surface area contributed by atoms with Crippen molar-refractivity contribution in [1.29, 1.82) is 0 Å². The number of anilines is 2. The number of rotatable bonds is 3. The molecule has 4 unspecified atom stereocenters. The van der Waals surface area contributed by atoms with Gasteiger partial charge >= 0.3 is 12.2 Å². The first-order valence-corrected chi connectivity index (χ1v) is 12.2. The summed E-state index contributed by atoms with van der Waals surface area (Å²) in [6, 6.07) is 1.69. The number of aromatic nitrogens is 2. The lowest BCUT2D eigenvalue weighted by Crippen LogP contribution is -2.58. The van der Waals surface area contributed by atoms with Crippen molar-refractivity contribution in [1.82, 2.24) is 15.3 Å². The molecule has 34 heavy (non-hydrogen) atoms. The summed E-state index contributed by atoms with van der Waals surface area (Å²) in [5.41, 5.74) is 4.45. The Balaban J connectivity index is 1.55. The predicted octanol–water partition coefficient (Wildman–Crippen LogP) is 1.95. The van der Waals surface area contributed by atoms with Crippen molar-refractivity contribution in [2.45, 2.75) is 37.4 Å². The molecular formula is C21H23F4N5O3S. The SMILES string of the molecule is COc1nc2c(c(N3CCNC4CS(=O)CC43)n1)COC(c1c(C(F)(F)F)ccc(N)c1F)C2. The van der Waals surface area contributed by atoms with Crippen LogP contribution in [-0.2, 0) is 34.7 Å². The second-order valence-electron chi connectivity index (χ2n) is 8.49. The highest BCUT2D eigenvalue weighted by Crippen LogP contribution is 2.43. The van der Waals surface area contributed by atoms with Gasteiger partial charge in [-0.15, -0.1) is 0 Å². The van der Waals surface area contributed by atoms with Gasteiger partial charge in [-0.3, -0.25) is 4.21 Å². The molecule has 0 radical (unpaired) electrons. The number of ether oxygens (including phenoxy) is 2. The molecule has 0 saturated carbocycles. The Bertz CT molecular complexity index is 1150. The van der Waals surface area contributed by atoms with Gasteiger partial charge in [-0.1, -0.05) is 0 Å². The highest BCUT2D eigenvalue weighted by atomic mass is 32.2. The van der Waals surface area contributed by atoms with Crippen LogP contribution in [0.15, 0.2) is 12.1 Å². The lowest BCUT2D eigenvalue weighted by atomic mass is 9.93. The van der Waals surface area contributed by atoms with Gasteiger partial charge in [-0.05, 0) is 12.1 Å². The van der Waals surface area contributed by atoms with Crippen molar-refractivity contribution in [3.63, 3.8) is 0 Å². The van der Waals surface area contributed by atoms with E-state index in [1.165, 1.54) is 7.11 Å². The summed E-state index contributed by atoms with van der Waals surface area (Å²) in [5, 5.41) is 3.38. The van der Waals surface area contributed by atoms with Crippen LogP contribution in [0.3, 0.4) is 0 Å². The number of hydrogen-bond donors (Lipinski definition) is 2. The molecule has 2 fully saturated rings. The standard InChI is InChI=1S/C21H23F4N5O3S/c1-32-20-28-13-6-16(17-11(21(23,24)25)2-3-12(26)18(17)22)33-7-10(13)19(29-20)30-5-4-27-14-8-34(31)9-15(14)30/h2-3,14-16,27H,4-9,26H2,1H3. The zero-order valence-electron chi connectivity index (χ0n) is 18.2. The van der Waals surface area contributed by atoms with E-state index in [1.54, 1.807) is 0 Å². The van der Waals surface area contributed by atoms with Crippen LogP contribution in [0.4, 0.5) is 29.1 Å². The molecule has 3 aliphatic rings. The summed E-state index contributed by atoms with van der Waals surface area (Å²) >= 11 is 0. The highest BCUT2D eigenvalue weighted by Gasteiger charge is 2.43. The third-order valence-corrected chi connectivity index (χ3v) is 7.94. The molecule has 184 valence electrons. The molecule has 13 heteroatoms. The smallest absolute Gasteiger partial charge is 0.416 e. The Hall–Kier alpha value is -2.51. The Morgan fingerprint density at radius 3 is 2.82 bits per heavy atom. The predicted molar refractivity (Wildman–Crippen MR) is 116 cm³/mol. The van der Waals surface area contributed by atoms with E-state index >= 15 is 0 Å². The Morgan fingerprint density at radius 2 is 2.09 bits per heavy atom. The minimum absolute atomic E-state index is 0.0409. The van der Waals surface area contributed by atoms with Crippen LogP contribution < -0.4 is 20.7 Å². The molecule has 5 rings (SSSR count). The van der Waals surface area contributed by atoms with Crippen molar-refractivity contribution in [2.75, 3.05) is 42.3 Å². The largest absolute Gasteiger partial charge is 0.467 e. The molecule has 4 atom stereocenters. The molecule has 3 N–H and O–H groups in total. The lowest BCUT2D eigenvalue weighted by Gasteiger charge is -2.40. The molecule has 0 spiro atoms. The molecule has 2 saturated heterocycles. The van der Waals surface area contributed by atoms with Crippen LogP contribution >= 0.6 is 0 Å². The van der Waals surface area contributed by atoms with E-state index in [4.69, 9.17) is 15.2 Å². The minimum atomic E-state index is -4.78. The third-order valence-electron chi connectivity index (χ3n) is 6.50. The number of nitrogens with one attached hydrogen (secondary N) is 1. The summed E-state index contributed by atoms with van der Waals surface area (Å²) < 4.78 is 79.0. The normalized spacial score (nSPS) is 26.8. The van der Waals surface area contributed by atoms with Gasteiger partial charge < -0.3 is 25.4 Å². The van der Waals surface area contributed by atoms with Gasteiger partial charge in [0, 0.05) is 59.0 Å². The Labute approximate surface area is 195 Å². The molecule has 0 amide bonds. The molecule has 2 aromatic rings. The monoisotopic (exact) mass is 501 g/mol. The van der Waals surface area contributed by atoms with Crippen LogP contribution in [-0.4, -0.2) is 58.0 Å². The summed E-state index contributed by atoms with van der Waals surface area (Å²) in [4.78, 5) is 10.9. The molecule has 0 aliphatic carbocycles. The maximum absolute atomic E-state index is 14.8. The fraction of sp³-hybridized carbons (Fsp3) is 0.524. The molecule has 1 aromatic carbocycles. The van der Waals surface area contributed by atoms with Crippen molar-refractivity contribution < 1.29 is 31.2 Å². The number of benzene rings is 1. The first kappa shape index (κ1) is 23.2. The van der Waals surface area contributed by atoms with Crippen LogP contribution in [0.5, 0.6) is 6.01 Å². The minimum Gasteiger partial charge on any atom is -0.467 e. The number of halogens is 4. The number of hydrogen-bond acceptors (Lipinski definition) is 8. The molecule has 8 nitrogen and oxygen atoms in total. The number of nitrogen functional groups attached to an aromatic ring is 1. The number of fused-ring (bicyclic) bond motifs is 2. The summed E-state index contributed by atoms with van der Waals surface area (Å²) in [5.74, 6) is 0.410. The molecule has 4 heterocycles. The van der Waals surface area contributed by atoms with E-state index in [0.29, 0.717) is 41.7 Å². The number of nitrogens with two attached hydrogens (primary N) is 1. The first-order valence-electron chi connectivity index (χ1n) is 10.7. The lowest BCUT2D eigenvalue weighted by molar-refractivity contribution is -0.140. The van der Waals surface area contributed by atoms with Gasteiger partial charge in [0.25, 0.3) is 0 Å². The average Bonchev–Trinajstić information content (AvgIpc) is 3.19. The molecule has 3 aliphatic heterocycles. The van der Waals surface area contributed by atoms with E-state index in [-0.39, 0.29) is 36.8 Å². The van der Waals surface area contributed by atoms with E-state index in [2.05, 4.69) is 15.3 Å². The highest BCUT2D eigenvalue weighted by molar-refractivity contribution is 7.85. The summed E-state index contributed by atoms with van der Waals surface area (Å²) in [7, 11) is 0.433. The Morgan fingerprint density at radius 1 is 1.29 bits per heavy atom. The third kappa shape index (κ3) is 3.99. The zero-order chi connectivity index (χ0) is 24.2. The van der Waals surface area contributed by atoms with Gasteiger partial charge in [0.2, 0.25) is 0 Å².